The first-order valence-corrected chi connectivity index (χ1v) is 4.43. The van der Waals surface area contributed by atoms with Crippen LogP contribution in [0.1, 0.15) is 0 Å². The van der Waals surface area contributed by atoms with Gasteiger partial charge in [0.25, 0.3) is 5.56 Å². The van der Waals surface area contributed by atoms with Crippen LogP contribution in [0.25, 0.3) is 11.2 Å². The van der Waals surface area contributed by atoms with E-state index in [0.29, 0.717) is 3.70 Å². The molecule has 0 aromatic carbocycles. The molecule has 66 valence electrons. The molecule has 2 heterocycles. The number of hydrogen-bond acceptors (Lipinski definition) is 5. The first-order valence-electron chi connectivity index (χ1n) is 3.35. The second-order valence-electron chi connectivity index (χ2n) is 2.32. The van der Waals surface area contributed by atoms with Crippen molar-refractivity contribution >= 4 is 39.7 Å². The van der Waals surface area contributed by atoms with E-state index in [-0.39, 0.29) is 22.7 Å². The number of aromatic amines is 1. The molecule has 0 fully saturated rings. The largest absolute Gasteiger partial charge is 0.369 e. The van der Waals surface area contributed by atoms with Crippen molar-refractivity contribution in [1.82, 2.24) is 19.9 Å². The molecule has 0 aliphatic heterocycles. The Hall–Kier alpha value is -1.25. The van der Waals surface area contributed by atoms with Gasteiger partial charge in [-0.25, -0.2) is 9.97 Å². The van der Waals surface area contributed by atoms with Gasteiger partial charge in [-0.2, -0.15) is 4.98 Å². The van der Waals surface area contributed by atoms with Crippen LogP contribution in [-0.4, -0.2) is 19.9 Å². The van der Waals surface area contributed by atoms with Crippen LogP contribution < -0.4 is 11.3 Å². The normalized spacial score (nSPS) is 10.5. The smallest absolute Gasteiger partial charge is 0.280 e. The lowest BCUT2D eigenvalue weighted by atomic mass is 10.5. The van der Waals surface area contributed by atoms with Crippen molar-refractivity contribution < 1.29 is 0 Å². The zero-order chi connectivity index (χ0) is 9.42. The van der Waals surface area contributed by atoms with Gasteiger partial charge in [-0.05, 0) is 22.6 Å². The fraction of sp³-hybridized carbons (Fsp3) is 0. The average Bonchev–Trinajstić information content (AvgIpc) is 2.06. The zero-order valence-electron chi connectivity index (χ0n) is 6.28. The van der Waals surface area contributed by atoms with Gasteiger partial charge >= 0.3 is 0 Å². The van der Waals surface area contributed by atoms with E-state index in [0.717, 1.165) is 0 Å². The van der Waals surface area contributed by atoms with E-state index in [2.05, 4.69) is 19.9 Å². The number of nitrogens with two attached hydrogens (primary N) is 1. The summed E-state index contributed by atoms with van der Waals surface area (Å²) in [5.74, 6) is 0.0491. The number of H-pyrrole nitrogens is 1. The Balaban J connectivity index is 2.95. The van der Waals surface area contributed by atoms with Crippen molar-refractivity contribution in [1.29, 1.82) is 0 Å². The standard InChI is InChI=1S/C6H4IN5O/c7-2-1-9-4-3(10-2)5(13)12-6(8)11-4/h1H,(H3,8,9,11,12,13). The van der Waals surface area contributed by atoms with Crippen molar-refractivity contribution in [2.75, 3.05) is 5.73 Å². The molecule has 3 N–H and O–H groups in total. The maximum Gasteiger partial charge on any atom is 0.280 e. The zero-order valence-corrected chi connectivity index (χ0v) is 8.44. The Morgan fingerprint density at radius 1 is 1.46 bits per heavy atom. The van der Waals surface area contributed by atoms with Crippen LogP contribution in [0.5, 0.6) is 0 Å². The molecule has 0 aliphatic carbocycles. The Kier molecular flexibility index (Phi) is 1.87. The van der Waals surface area contributed by atoms with Crippen LogP contribution in [0.3, 0.4) is 0 Å². The van der Waals surface area contributed by atoms with Crippen LogP contribution in [0.2, 0.25) is 0 Å². The van der Waals surface area contributed by atoms with Gasteiger partial charge in [0, 0.05) is 0 Å². The molecule has 0 saturated heterocycles. The van der Waals surface area contributed by atoms with Crippen LogP contribution in [0.4, 0.5) is 5.95 Å². The van der Waals surface area contributed by atoms with Crippen LogP contribution >= 0.6 is 22.6 Å². The van der Waals surface area contributed by atoms with Crippen molar-refractivity contribution in [3.63, 3.8) is 0 Å². The van der Waals surface area contributed by atoms with Gasteiger partial charge in [-0.3, -0.25) is 9.78 Å². The van der Waals surface area contributed by atoms with E-state index in [1.807, 2.05) is 22.6 Å². The Bertz CT molecular complexity index is 522. The summed E-state index contributed by atoms with van der Waals surface area (Å²) >= 11 is 1.97. The van der Waals surface area contributed by atoms with Gasteiger partial charge in [0.2, 0.25) is 5.95 Å². The highest BCUT2D eigenvalue weighted by Crippen LogP contribution is 2.04. The van der Waals surface area contributed by atoms with Crippen molar-refractivity contribution in [2.45, 2.75) is 0 Å². The highest BCUT2D eigenvalue weighted by molar-refractivity contribution is 14.1. The van der Waals surface area contributed by atoms with Crippen molar-refractivity contribution in [2.24, 2.45) is 0 Å². The average molecular weight is 289 g/mol. The lowest BCUT2D eigenvalue weighted by molar-refractivity contribution is 1.11. The van der Waals surface area contributed by atoms with E-state index in [1.54, 1.807) is 0 Å². The summed E-state index contributed by atoms with van der Waals surface area (Å²) in [4.78, 5) is 25.3. The third-order valence-electron chi connectivity index (χ3n) is 1.41. The first kappa shape index (κ1) is 8.35. The van der Waals surface area contributed by atoms with Gasteiger partial charge in [-0.1, -0.05) is 0 Å². The van der Waals surface area contributed by atoms with Crippen molar-refractivity contribution in [3.8, 4) is 0 Å². The Labute approximate surface area is 85.8 Å². The third kappa shape index (κ3) is 1.46. The topological polar surface area (TPSA) is 97.5 Å². The van der Waals surface area contributed by atoms with Gasteiger partial charge in [0.15, 0.2) is 11.2 Å². The summed E-state index contributed by atoms with van der Waals surface area (Å²) in [6.45, 7) is 0. The summed E-state index contributed by atoms with van der Waals surface area (Å²) in [5, 5.41) is 0. The molecule has 0 saturated carbocycles. The molecule has 0 aliphatic rings. The molecule has 13 heavy (non-hydrogen) atoms. The van der Waals surface area contributed by atoms with Gasteiger partial charge in [-0.15, -0.1) is 0 Å². The summed E-state index contributed by atoms with van der Waals surface area (Å²) in [7, 11) is 0. The highest BCUT2D eigenvalue weighted by atomic mass is 127. The molecule has 0 bridgehead atoms. The summed E-state index contributed by atoms with van der Waals surface area (Å²) < 4.78 is 0.641. The Morgan fingerprint density at radius 3 is 3.00 bits per heavy atom. The summed E-state index contributed by atoms with van der Waals surface area (Å²) in [6.07, 6.45) is 1.52. The third-order valence-corrected chi connectivity index (χ3v) is 1.93. The molecule has 0 amide bonds. The van der Waals surface area contributed by atoms with E-state index in [9.17, 15) is 4.79 Å². The number of fused-ring (bicyclic) bond motifs is 1. The van der Waals surface area contributed by atoms with E-state index < -0.39 is 0 Å². The quantitative estimate of drug-likeness (QED) is 0.660. The molecular weight excluding hydrogens is 285 g/mol. The number of rotatable bonds is 0. The Morgan fingerprint density at radius 2 is 2.23 bits per heavy atom. The molecule has 2 aromatic heterocycles. The maximum absolute atomic E-state index is 11.3. The number of hydrogen-bond donors (Lipinski definition) is 2. The summed E-state index contributed by atoms with van der Waals surface area (Å²) in [6, 6.07) is 0. The molecule has 6 nitrogen and oxygen atoms in total. The van der Waals surface area contributed by atoms with E-state index in [1.165, 1.54) is 6.20 Å². The number of anilines is 1. The molecule has 7 heteroatoms. The number of nitrogens with zero attached hydrogens (tertiary/aromatic N) is 3. The highest BCUT2D eigenvalue weighted by Gasteiger charge is 2.04. The minimum Gasteiger partial charge on any atom is -0.369 e. The molecule has 0 radical (unpaired) electrons. The second-order valence-corrected chi connectivity index (χ2v) is 3.42. The number of nitrogen functional groups attached to an aromatic ring is 1. The van der Waals surface area contributed by atoms with Crippen molar-refractivity contribution in [3.05, 3.63) is 20.3 Å². The molecule has 0 spiro atoms. The van der Waals surface area contributed by atoms with E-state index >= 15 is 0 Å². The molecule has 0 atom stereocenters. The van der Waals surface area contributed by atoms with Gasteiger partial charge in [0.1, 0.15) is 3.70 Å². The predicted molar refractivity (Wildman–Crippen MR) is 55.1 cm³/mol. The predicted octanol–water partition coefficient (Wildman–Crippen LogP) is -0.100. The molecule has 2 aromatic rings. The minimum absolute atomic E-state index is 0.0491. The van der Waals surface area contributed by atoms with E-state index in [4.69, 9.17) is 5.73 Å². The molecular formula is C6H4IN5O. The van der Waals surface area contributed by atoms with Crippen LogP contribution in [0.15, 0.2) is 11.0 Å². The first-order chi connectivity index (χ1) is 6.16. The van der Waals surface area contributed by atoms with Crippen LogP contribution in [-0.2, 0) is 0 Å². The number of nitrogens with one attached hydrogen (secondary N) is 1. The lowest BCUT2D eigenvalue weighted by Crippen LogP contribution is -2.13. The lowest BCUT2D eigenvalue weighted by Gasteiger charge is -1.96. The van der Waals surface area contributed by atoms with Gasteiger partial charge in [0.05, 0.1) is 6.20 Å². The monoisotopic (exact) mass is 289 g/mol. The second kappa shape index (κ2) is 2.91. The SMILES string of the molecule is Nc1nc2ncc(I)nc2c(=O)[nH]1. The van der Waals surface area contributed by atoms with Crippen LogP contribution in [0, 0.1) is 3.70 Å². The fourth-order valence-electron chi connectivity index (χ4n) is 0.913. The molecule has 0 unspecified atom stereocenters. The number of aromatic nitrogens is 4. The van der Waals surface area contributed by atoms with Gasteiger partial charge < -0.3 is 5.73 Å². The minimum atomic E-state index is -0.367. The summed E-state index contributed by atoms with van der Waals surface area (Å²) in [5.41, 5.74) is 5.43. The number of halogens is 1. The molecule has 2 rings (SSSR count). The maximum atomic E-state index is 11.3. The fourth-order valence-corrected chi connectivity index (χ4v) is 1.29.